The fraction of sp³-hybridized carbons (Fsp3) is 0.739. The van der Waals surface area contributed by atoms with Crippen molar-refractivity contribution in [3.63, 3.8) is 0 Å². The average molecular weight is 424 g/mol. The minimum absolute atomic E-state index is 0.0680. The number of carbonyl (C=O) groups excluding carboxylic acids is 2. The lowest BCUT2D eigenvalue weighted by atomic mass is 9.94. The SMILES string of the molecule is C=C[C@@H]1CC(CN(C(C)=O)C(CSC)C(=O)OC)[C@H](/C=C/CCCCC2CO2)C1. The standard InChI is InChI=1S/C23H37NO4S/c1-5-18-12-19(10-8-6-7-9-11-21-15-28-21)20(13-18)14-24(17(2)25)22(16-29-4)23(26)27-3/h5,8,10,18-22H,1,6-7,9,11-16H2,2-4H3/b10-8+/t18-,19+,20?,21?,22?/m0/s1. The Labute approximate surface area is 180 Å². The van der Waals surface area contributed by atoms with Gasteiger partial charge in [-0.05, 0) is 56.1 Å². The fourth-order valence-corrected chi connectivity index (χ4v) is 4.92. The Kier molecular flexibility index (Phi) is 10.3. The number of unbranched alkanes of at least 4 members (excludes halogenated alkanes) is 2. The molecule has 0 aromatic rings. The van der Waals surface area contributed by atoms with Gasteiger partial charge in [0, 0.05) is 19.2 Å². The number of amides is 1. The van der Waals surface area contributed by atoms with E-state index < -0.39 is 6.04 Å². The van der Waals surface area contributed by atoms with E-state index in [1.54, 1.807) is 23.6 Å². The Bertz CT molecular complexity index is 575. The van der Waals surface area contributed by atoms with Crippen LogP contribution in [-0.2, 0) is 19.1 Å². The number of hydrogen-bond donors (Lipinski definition) is 0. The van der Waals surface area contributed by atoms with Crippen molar-refractivity contribution in [3.05, 3.63) is 24.8 Å². The summed E-state index contributed by atoms with van der Waals surface area (Å²) in [5.41, 5.74) is 0. The first kappa shape index (κ1) is 24.0. The molecule has 29 heavy (non-hydrogen) atoms. The summed E-state index contributed by atoms with van der Waals surface area (Å²) in [7, 11) is 1.39. The van der Waals surface area contributed by atoms with Gasteiger partial charge in [0.05, 0.1) is 19.8 Å². The predicted octanol–water partition coefficient (Wildman–Crippen LogP) is 4.08. The van der Waals surface area contributed by atoms with Crippen molar-refractivity contribution < 1.29 is 19.1 Å². The number of esters is 1. The smallest absolute Gasteiger partial charge is 0.329 e. The van der Waals surface area contributed by atoms with E-state index in [2.05, 4.69) is 18.7 Å². The molecule has 1 saturated carbocycles. The third-order valence-corrected chi connectivity index (χ3v) is 6.71. The molecule has 2 rings (SSSR count). The molecule has 164 valence electrons. The highest BCUT2D eigenvalue weighted by Crippen LogP contribution is 2.39. The summed E-state index contributed by atoms with van der Waals surface area (Å²) in [5.74, 6) is 1.37. The van der Waals surface area contributed by atoms with Crippen molar-refractivity contribution in [2.24, 2.45) is 17.8 Å². The summed E-state index contributed by atoms with van der Waals surface area (Å²) in [6, 6.07) is -0.524. The lowest BCUT2D eigenvalue weighted by Crippen LogP contribution is -2.48. The van der Waals surface area contributed by atoms with Crippen molar-refractivity contribution in [2.45, 2.75) is 57.6 Å². The van der Waals surface area contributed by atoms with Crippen LogP contribution in [0.1, 0.15) is 45.4 Å². The minimum atomic E-state index is -0.524. The summed E-state index contributed by atoms with van der Waals surface area (Å²) in [6.07, 6.45) is 15.9. The van der Waals surface area contributed by atoms with Crippen molar-refractivity contribution in [1.82, 2.24) is 4.90 Å². The normalized spacial score (nSPS) is 27.0. The van der Waals surface area contributed by atoms with Crippen molar-refractivity contribution in [3.8, 4) is 0 Å². The summed E-state index contributed by atoms with van der Waals surface area (Å²) in [5, 5.41) is 0. The van der Waals surface area contributed by atoms with E-state index in [0.717, 1.165) is 25.9 Å². The number of epoxide rings is 1. The van der Waals surface area contributed by atoms with Crippen LogP contribution >= 0.6 is 11.8 Å². The Hall–Kier alpha value is -1.27. The topological polar surface area (TPSA) is 59.1 Å². The highest BCUT2D eigenvalue weighted by molar-refractivity contribution is 7.98. The third kappa shape index (κ3) is 7.82. The number of ether oxygens (including phenoxy) is 2. The monoisotopic (exact) mass is 423 g/mol. The summed E-state index contributed by atoms with van der Waals surface area (Å²) in [4.78, 5) is 26.4. The molecule has 2 aliphatic rings. The molecule has 1 aliphatic carbocycles. The van der Waals surface area contributed by atoms with Gasteiger partial charge in [0.2, 0.25) is 5.91 Å². The maximum absolute atomic E-state index is 12.4. The van der Waals surface area contributed by atoms with Gasteiger partial charge in [-0.2, -0.15) is 11.8 Å². The van der Waals surface area contributed by atoms with E-state index in [0.29, 0.717) is 36.2 Å². The largest absolute Gasteiger partial charge is 0.467 e. The molecule has 5 nitrogen and oxygen atoms in total. The van der Waals surface area contributed by atoms with Crippen molar-refractivity contribution >= 4 is 23.6 Å². The molecule has 0 radical (unpaired) electrons. The number of allylic oxidation sites excluding steroid dienone is 3. The van der Waals surface area contributed by atoms with Gasteiger partial charge in [0.15, 0.2) is 0 Å². The van der Waals surface area contributed by atoms with E-state index in [-0.39, 0.29) is 11.9 Å². The van der Waals surface area contributed by atoms with E-state index in [9.17, 15) is 9.59 Å². The van der Waals surface area contributed by atoms with Crippen LogP contribution in [0.25, 0.3) is 0 Å². The number of rotatable bonds is 13. The highest BCUT2D eigenvalue weighted by Gasteiger charge is 2.36. The van der Waals surface area contributed by atoms with Crippen molar-refractivity contribution in [2.75, 3.05) is 32.3 Å². The Morgan fingerprint density at radius 3 is 2.69 bits per heavy atom. The molecule has 0 aromatic heterocycles. The highest BCUT2D eigenvalue weighted by atomic mass is 32.2. The molecular formula is C23H37NO4S. The Balaban J connectivity index is 1.96. The molecule has 3 unspecified atom stereocenters. The number of methoxy groups -OCH3 is 1. The Morgan fingerprint density at radius 1 is 1.34 bits per heavy atom. The zero-order chi connectivity index (χ0) is 21.2. The zero-order valence-electron chi connectivity index (χ0n) is 18.2. The molecule has 1 heterocycles. The first-order valence-corrected chi connectivity index (χ1v) is 12.1. The second-order valence-corrected chi connectivity index (χ2v) is 9.14. The number of thioether (sulfide) groups is 1. The molecule has 0 aromatic carbocycles. The molecular weight excluding hydrogens is 386 g/mol. The first-order chi connectivity index (χ1) is 14.0. The van der Waals surface area contributed by atoms with Crippen molar-refractivity contribution in [1.29, 1.82) is 0 Å². The zero-order valence-corrected chi connectivity index (χ0v) is 19.0. The molecule has 6 heteroatoms. The quantitative estimate of drug-likeness (QED) is 0.193. The van der Waals surface area contributed by atoms with Crippen LogP contribution in [0.5, 0.6) is 0 Å². The minimum Gasteiger partial charge on any atom is -0.467 e. The van der Waals surface area contributed by atoms with Crippen LogP contribution in [0.2, 0.25) is 0 Å². The molecule has 0 N–H and O–H groups in total. The maximum Gasteiger partial charge on any atom is 0.329 e. The van der Waals surface area contributed by atoms with Gasteiger partial charge in [-0.3, -0.25) is 4.79 Å². The lowest BCUT2D eigenvalue weighted by molar-refractivity contribution is -0.151. The van der Waals surface area contributed by atoms with Gasteiger partial charge >= 0.3 is 5.97 Å². The van der Waals surface area contributed by atoms with Gasteiger partial charge in [0.1, 0.15) is 6.04 Å². The van der Waals surface area contributed by atoms with Crippen LogP contribution in [-0.4, -0.2) is 61.2 Å². The van der Waals surface area contributed by atoms with Crippen LogP contribution in [0.4, 0.5) is 0 Å². The molecule has 5 atom stereocenters. The second kappa shape index (κ2) is 12.4. The van der Waals surface area contributed by atoms with Gasteiger partial charge in [-0.1, -0.05) is 24.6 Å². The number of carbonyl (C=O) groups is 2. The molecule has 0 bridgehead atoms. The molecule has 1 aliphatic heterocycles. The molecule has 1 saturated heterocycles. The van der Waals surface area contributed by atoms with E-state index in [1.807, 2.05) is 12.3 Å². The van der Waals surface area contributed by atoms with Gasteiger partial charge in [-0.25, -0.2) is 4.79 Å². The Morgan fingerprint density at radius 2 is 2.10 bits per heavy atom. The van der Waals surface area contributed by atoms with Gasteiger partial charge < -0.3 is 14.4 Å². The molecule has 2 fully saturated rings. The number of nitrogens with zero attached hydrogens (tertiary/aromatic N) is 1. The van der Waals surface area contributed by atoms with Gasteiger partial charge in [-0.15, -0.1) is 6.58 Å². The summed E-state index contributed by atoms with van der Waals surface area (Å²) in [6.45, 7) is 7.06. The first-order valence-electron chi connectivity index (χ1n) is 10.7. The average Bonchev–Trinajstić information content (AvgIpc) is 3.45. The van der Waals surface area contributed by atoms with Crippen LogP contribution < -0.4 is 0 Å². The molecule has 1 amide bonds. The lowest BCUT2D eigenvalue weighted by Gasteiger charge is -2.32. The summed E-state index contributed by atoms with van der Waals surface area (Å²) >= 11 is 1.56. The van der Waals surface area contributed by atoms with E-state index in [1.165, 1.54) is 26.4 Å². The van der Waals surface area contributed by atoms with Crippen LogP contribution in [0.3, 0.4) is 0 Å². The van der Waals surface area contributed by atoms with E-state index >= 15 is 0 Å². The maximum atomic E-state index is 12.4. The number of hydrogen-bond acceptors (Lipinski definition) is 5. The van der Waals surface area contributed by atoms with Gasteiger partial charge in [0.25, 0.3) is 0 Å². The summed E-state index contributed by atoms with van der Waals surface area (Å²) < 4.78 is 10.2. The predicted molar refractivity (Wildman–Crippen MR) is 119 cm³/mol. The van der Waals surface area contributed by atoms with E-state index in [4.69, 9.17) is 9.47 Å². The third-order valence-electron chi connectivity index (χ3n) is 6.06. The molecule has 0 spiro atoms. The fourth-order valence-electron chi connectivity index (χ4n) is 4.29. The van der Waals surface area contributed by atoms with Crippen LogP contribution in [0.15, 0.2) is 24.8 Å². The second-order valence-electron chi connectivity index (χ2n) is 8.22. The van der Waals surface area contributed by atoms with Crippen LogP contribution in [0, 0.1) is 17.8 Å².